The summed E-state index contributed by atoms with van der Waals surface area (Å²) in [6, 6.07) is 27.5. The first-order valence-corrected chi connectivity index (χ1v) is 15.8. The predicted octanol–water partition coefficient (Wildman–Crippen LogP) is 10.3. The highest BCUT2D eigenvalue weighted by atomic mass is 15.2. The first-order chi connectivity index (χ1) is 19.8. The van der Waals surface area contributed by atoms with Crippen LogP contribution < -0.4 is 9.80 Å². The lowest BCUT2D eigenvalue weighted by molar-refractivity contribution is 0.473. The Balaban J connectivity index is 1.42. The van der Waals surface area contributed by atoms with Gasteiger partial charge >= 0.3 is 0 Å². The van der Waals surface area contributed by atoms with Crippen LogP contribution in [0.25, 0.3) is 21.5 Å². The molecule has 2 nitrogen and oxygen atoms in total. The maximum atomic E-state index is 2.68. The summed E-state index contributed by atoms with van der Waals surface area (Å²) in [6.07, 6.45) is 12.1. The van der Waals surface area contributed by atoms with Gasteiger partial charge in [0.05, 0.1) is 6.04 Å². The number of hydrogen-bond acceptors (Lipinski definition) is 2. The van der Waals surface area contributed by atoms with Crippen molar-refractivity contribution in [3.8, 4) is 0 Å². The number of fused-ring (bicyclic) bond motifs is 6. The summed E-state index contributed by atoms with van der Waals surface area (Å²) in [5.41, 5.74) is 7.11. The Labute approximate surface area is 247 Å². The summed E-state index contributed by atoms with van der Waals surface area (Å²) < 4.78 is 0. The van der Waals surface area contributed by atoms with Crippen molar-refractivity contribution in [3.63, 3.8) is 0 Å². The molecular weight excluding hydrogens is 496 g/mol. The fraction of sp³-hybridized carbons (Fsp3) is 0.385. The normalized spacial score (nSPS) is 20.0. The van der Waals surface area contributed by atoms with Crippen molar-refractivity contribution >= 4 is 32.9 Å². The number of rotatable bonds is 8. The molecule has 2 aliphatic rings. The van der Waals surface area contributed by atoms with Gasteiger partial charge in [0, 0.05) is 41.0 Å². The highest BCUT2D eigenvalue weighted by Crippen LogP contribution is 2.52. The van der Waals surface area contributed by atoms with Gasteiger partial charge in [-0.3, -0.25) is 0 Å². The zero-order valence-corrected chi connectivity index (χ0v) is 25.9. The molecule has 0 aliphatic carbocycles. The van der Waals surface area contributed by atoms with Crippen LogP contribution >= 0.6 is 0 Å². The Morgan fingerprint density at radius 1 is 0.683 bits per heavy atom. The van der Waals surface area contributed by atoms with Crippen molar-refractivity contribution in [2.45, 2.75) is 84.1 Å². The van der Waals surface area contributed by atoms with Crippen molar-refractivity contribution in [2.75, 3.05) is 22.9 Å². The third-order valence-corrected chi connectivity index (χ3v) is 9.73. The molecule has 4 aromatic rings. The molecule has 0 N–H and O–H groups in total. The maximum Gasteiger partial charge on any atom is 0.0568 e. The van der Waals surface area contributed by atoms with E-state index in [0.717, 1.165) is 13.1 Å². The van der Waals surface area contributed by atoms with E-state index in [1.54, 1.807) is 0 Å². The third-order valence-electron chi connectivity index (χ3n) is 9.73. The Hall–Kier alpha value is -3.52. The van der Waals surface area contributed by atoms with Crippen LogP contribution in [0, 0.1) is 0 Å². The van der Waals surface area contributed by atoms with Gasteiger partial charge in [0.25, 0.3) is 0 Å². The van der Waals surface area contributed by atoms with Gasteiger partial charge in [-0.15, -0.1) is 0 Å². The molecule has 0 spiro atoms. The summed E-state index contributed by atoms with van der Waals surface area (Å²) >= 11 is 0. The van der Waals surface area contributed by atoms with E-state index >= 15 is 0 Å². The number of unbranched alkanes of at least 4 members (excludes halogenated alkanes) is 2. The maximum absolute atomic E-state index is 2.68. The lowest BCUT2D eigenvalue weighted by atomic mass is 9.78. The van der Waals surface area contributed by atoms with Crippen molar-refractivity contribution in [3.05, 3.63) is 108 Å². The van der Waals surface area contributed by atoms with E-state index in [2.05, 4.69) is 142 Å². The fourth-order valence-corrected chi connectivity index (χ4v) is 7.64. The number of nitrogens with zero attached hydrogens (tertiary/aromatic N) is 2. The van der Waals surface area contributed by atoms with Crippen LogP contribution in [0.15, 0.2) is 96.7 Å². The van der Waals surface area contributed by atoms with Crippen LogP contribution in [0.1, 0.15) is 78.4 Å². The lowest BCUT2D eigenvalue weighted by Gasteiger charge is -2.32. The number of allylic oxidation sites excluding steroid dienone is 3. The quantitative estimate of drug-likeness (QED) is 0.218. The Morgan fingerprint density at radius 2 is 1.27 bits per heavy atom. The van der Waals surface area contributed by atoms with Gasteiger partial charge in [-0.1, -0.05) is 127 Å². The minimum absolute atomic E-state index is 0.00516. The molecule has 212 valence electrons. The molecule has 1 unspecified atom stereocenters. The summed E-state index contributed by atoms with van der Waals surface area (Å²) in [7, 11) is 0. The fourth-order valence-electron chi connectivity index (χ4n) is 7.64. The molecule has 1 atom stereocenters. The average molecular weight is 543 g/mol. The first-order valence-electron chi connectivity index (χ1n) is 15.8. The first kappa shape index (κ1) is 27.6. The summed E-state index contributed by atoms with van der Waals surface area (Å²) in [4.78, 5) is 5.28. The highest BCUT2D eigenvalue weighted by molar-refractivity contribution is 5.95. The molecule has 0 aromatic heterocycles. The smallest absolute Gasteiger partial charge is 0.0568 e. The molecule has 0 radical (unpaired) electrons. The van der Waals surface area contributed by atoms with Gasteiger partial charge in [-0.25, -0.2) is 0 Å². The van der Waals surface area contributed by atoms with Crippen molar-refractivity contribution in [2.24, 2.45) is 0 Å². The van der Waals surface area contributed by atoms with Crippen molar-refractivity contribution < 1.29 is 0 Å². The summed E-state index contributed by atoms with van der Waals surface area (Å²) in [6.45, 7) is 16.5. The van der Waals surface area contributed by atoms with E-state index in [1.165, 1.54) is 75.4 Å². The largest absolute Gasteiger partial charge is 0.364 e. The van der Waals surface area contributed by atoms with E-state index < -0.39 is 0 Å². The van der Waals surface area contributed by atoms with Crippen LogP contribution in [0.3, 0.4) is 0 Å². The predicted molar refractivity (Wildman–Crippen MR) is 179 cm³/mol. The highest BCUT2D eigenvalue weighted by Gasteiger charge is 2.44. The van der Waals surface area contributed by atoms with E-state index in [4.69, 9.17) is 0 Å². The van der Waals surface area contributed by atoms with Gasteiger partial charge < -0.3 is 9.80 Å². The van der Waals surface area contributed by atoms with E-state index in [9.17, 15) is 0 Å². The monoisotopic (exact) mass is 542 g/mol. The van der Waals surface area contributed by atoms with E-state index in [-0.39, 0.29) is 10.8 Å². The molecular formula is C39H46N2. The second kappa shape index (κ2) is 10.7. The molecule has 41 heavy (non-hydrogen) atoms. The molecule has 2 heterocycles. The zero-order valence-electron chi connectivity index (χ0n) is 25.9. The molecule has 0 amide bonds. The molecule has 2 heteroatoms. The van der Waals surface area contributed by atoms with Gasteiger partial charge in [0.2, 0.25) is 0 Å². The Bertz CT molecular complexity index is 1640. The zero-order chi connectivity index (χ0) is 28.8. The topological polar surface area (TPSA) is 6.48 Å². The molecule has 4 aromatic carbocycles. The van der Waals surface area contributed by atoms with E-state index in [0.29, 0.717) is 6.04 Å². The van der Waals surface area contributed by atoms with Crippen molar-refractivity contribution in [1.29, 1.82) is 0 Å². The molecule has 0 saturated heterocycles. The van der Waals surface area contributed by atoms with Crippen molar-refractivity contribution in [1.82, 2.24) is 0 Å². The second-order valence-corrected chi connectivity index (χ2v) is 13.1. The van der Waals surface area contributed by atoms with Gasteiger partial charge in [-0.05, 0) is 63.7 Å². The van der Waals surface area contributed by atoms with Gasteiger partial charge in [0.1, 0.15) is 0 Å². The van der Waals surface area contributed by atoms with Crippen LogP contribution in [-0.4, -0.2) is 19.1 Å². The number of hydrogen-bond donors (Lipinski definition) is 0. The minimum Gasteiger partial charge on any atom is -0.364 e. The summed E-state index contributed by atoms with van der Waals surface area (Å²) in [5, 5.41) is 5.45. The van der Waals surface area contributed by atoms with E-state index in [1.807, 2.05) is 0 Å². The molecule has 2 aliphatic heterocycles. The molecule has 0 bridgehead atoms. The molecule has 0 saturated carbocycles. The van der Waals surface area contributed by atoms with Gasteiger partial charge in [0.15, 0.2) is 0 Å². The average Bonchev–Trinajstić information content (AvgIpc) is 3.33. The van der Waals surface area contributed by atoms with Crippen LogP contribution in [0.2, 0.25) is 0 Å². The molecule has 0 fully saturated rings. The third kappa shape index (κ3) is 4.47. The minimum atomic E-state index is -0.0689. The lowest BCUT2D eigenvalue weighted by Crippen LogP contribution is -2.40. The van der Waals surface area contributed by atoms with Crippen LogP contribution in [0.5, 0.6) is 0 Å². The SMILES string of the molecule is CCCCN1C(=CC=CC2N(CCCC)c3ccc4ccccc4c3C2(C)C)C(C)(C)c2c1ccc1ccccc21. The standard InChI is InChI=1S/C39H46N2/c1-7-9-26-40-32-24-22-28-16-11-13-18-30(28)36(32)38(3,4)34(40)20-15-21-35-39(5,6)37-31-19-14-12-17-29(31)23-25-33(37)41(35)27-10-8-2/h11-25,34H,7-10,26-27H2,1-6H3. The van der Waals surface area contributed by atoms with Gasteiger partial charge in [-0.2, -0.15) is 0 Å². The number of benzene rings is 4. The Kier molecular flexibility index (Phi) is 7.22. The Morgan fingerprint density at radius 3 is 1.93 bits per heavy atom. The summed E-state index contributed by atoms with van der Waals surface area (Å²) in [5.74, 6) is 0. The van der Waals surface area contributed by atoms with Crippen LogP contribution in [-0.2, 0) is 10.8 Å². The second-order valence-electron chi connectivity index (χ2n) is 13.1. The number of anilines is 2. The van der Waals surface area contributed by atoms with Crippen LogP contribution in [0.4, 0.5) is 11.4 Å². The molecule has 6 rings (SSSR count).